The zero-order valence-corrected chi connectivity index (χ0v) is 12.8. The number of aromatic hydroxyl groups is 1. The maximum atomic E-state index is 11.5. The molecule has 0 bridgehead atoms. The fraction of sp³-hybridized carbons (Fsp3) is 0.118. The number of ether oxygens (including phenoxy) is 1. The molecule has 2 rings (SSSR count). The summed E-state index contributed by atoms with van der Waals surface area (Å²) in [6.45, 7) is 1.99. The van der Waals surface area contributed by atoms with Gasteiger partial charge in [0.2, 0.25) is 0 Å². The van der Waals surface area contributed by atoms with Gasteiger partial charge in [-0.3, -0.25) is 10.1 Å². The number of aliphatic carboxylic acids is 1. The van der Waals surface area contributed by atoms with Crippen molar-refractivity contribution in [3.8, 4) is 11.5 Å². The van der Waals surface area contributed by atoms with E-state index in [2.05, 4.69) is 0 Å². The second-order valence-corrected chi connectivity index (χ2v) is 4.83. The molecule has 0 aliphatic carbocycles. The van der Waals surface area contributed by atoms with Gasteiger partial charge in [0.05, 0.1) is 17.1 Å². The quantitative estimate of drug-likeness (QED) is 0.364. The molecule has 0 atom stereocenters. The first kappa shape index (κ1) is 17.0. The highest BCUT2D eigenvalue weighted by molar-refractivity contribution is 6.20. The molecule has 0 aromatic heterocycles. The molecule has 2 N–H and O–H groups in total. The summed E-state index contributed by atoms with van der Waals surface area (Å²) in [5.41, 5.74) is 0.292. The number of phenolic OH excluding ortho intramolecular Hbond substituents is 1. The number of carboxylic acids is 1. The lowest BCUT2D eigenvalue weighted by Gasteiger charge is -2.06. The lowest BCUT2D eigenvalue weighted by Crippen LogP contribution is -2.00. The van der Waals surface area contributed by atoms with Crippen LogP contribution in [-0.4, -0.2) is 27.7 Å². The van der Waals surface area contributed by atoms with Crippen LogP contribution in [0.5, 0.6) is 11.5 Å². The Bertz CT molecular complexity index is 812. The summed E-state index contributed by atoms with van der Waals surface area (Å²) in [4.78, 5) is 22.0. The van der Waals surface area contributed by atoms with E-state index in [0.717, 1.165) is 0 Å². The number of carbonyl (C=O) groups is 1. The van der Waals surface area contributed by atoms with Gasteiger partial charge in [-0.25, -0.2) is 4.79 Å². The average molecular weight is 329 g/mol. The van der Waals surface area contributed by atoms with Gasteiger partial charge in [0.25, 0.3) is 0 Å². The fourth-order valence-electron chi connectivity index (χ4n) is 2.15. The third-order valence-electron chi connectivity index (χ3n) is 3.18. The molecule has 24 heavy (non-hydrogen) atoms. The van der Waals surface area contributed by atoms with Crippen LogP contribution in [0.25, 0.3) is 11.6 Å². The van der Waals surface area contributed by atoms with Crippen molar-refractivity contribution < 1.29 is 24.7 Å². The Morgan fingerprint density at radius 3 is 2.62 bits per heavy atom. The molecule has 0 amide bonds. The third kappa shape index (κ3) is 3.89. The monoisotopic (exact) mass is 329 g/mol. The third-order valence-corrected chi connectivity index (χ3v) is 3.18. The minimum atomic E-state index is -1.21. The maximum absolute atomic E-state index is 11.5. The lowest BCUT2D eigenvalue weighted by molar-refractivity contribution is -0.385. The van der Waals surface area contributed by atoms with Gasteiger partial charge in [-0.2, -0.15) is 0 Å². The lowest BCUT2D eigenvalue weighted by atomic mass is 10.0. The SMILES string of the molecule is CCOc1ccc(/C=C(\C(=O)O)c2cccc(O)c2)cc1[N+](=O)[O-]. The second kappa shape index (κ2) is 7.28. The molecule has 7 heteroatoms. The first-order valence-corrected chi connectivity index (χ1v) is 7.08. The predicted molar refractivity (Wildman–Crippen MR) is 87.9 cm³/mol. The van der Waals surface area contributed by atoms with Crippen molar-refractivity contribution in [3.63, 3.8) is 0 Å². The number of rotatable bonds is 6. The predicted octanol–water partition coefficient (Wildman–Crippen LogP) is 3.32. The Kier molecular flexibility index (Phi) is 5.16. The van der Waals surface area contributed by atoms with Gasteiger partial charge in [-0.1, -0.05) is 18.2 Å². The average Bonchev–Trinajstić information content (AvgIpc) is 2.53. The van der Waals surface area contributed by atoms with E-state index in [9.17, 15) is 25.1 Å². The highest BCUT2D eigenvalue weighted by Gasteiger charge is 2.17. The van der Waals surface area contributed by atoms with Crippen molar-refractivity contribution in [2.45, 2.75) is 6.92 Å². The number of nitrogens with zero attached hydrogens (tertiary/aromatic N) is 1. The van der Waals surface area contributed by atoms with Crippen LogP contribution in [0.15, 0.2) is 42.5 Å². The molecule has 0 spiro atoms. The van der Waals surface area contributed by atoms with E-state index in [1.165, 1.54) is 48.5 Å². The zero-order valence-electron chi connectivity index (χ0n) is 12.8. The molecule has 124 valence electrons. The number of phenols is 1. The standard InChI is InChI=1S/C17H15NO6/c1-2-24-16-7-6-11(9-15(16)18(22)23)8-14(17(20)21)12-4-3-5-13(19)10-12/h3-10,19H,2H2,1H3,(H,20,21)/b14-8-. The molecule has 0 aliphatic rings. The Morgan fingerprint density at radius 1 is 1.29 bits per heavy atom. The first-order valence-electron chi connectivity index (χ1n) is 7.08. The van der Waals surface area contributed by atoms with Crippen LogP contribution in [0.4, 0.5) is 5.69 Å². The van der Waals surface area contributed by atoms with Crippen LogP contribution in [0.3, 0.4) is 0 Å². The summed E-state index contributed by atoms with van der Waals surface area (Å²) < 4.78 is 5.19. The van der Waals surface area contributed by atoms with E-state index in [-0.39, 0.29) is 29.4 Å². The highest BCUT2D eigenvalue weighted by atomic mass is 16.6. The van der Waals surface area contributed by atoms with Crippen molar-refractivity contribution in [1.82, 2.24) is 0 Å². The van der Waals surface area contributed by atoms with Crippen molar-refractivity contribution in [1.29, 1.82) is 0 Å². The molecular formula is C17H15NO6. The molecular weight excluding hydrogens is 314 g/mol. The highest BCUT2D eigenvalue weighted by Crippen LogP contribution is 2.30. The minimum Gasteiger partial charge on any atom is -0.508 e. The number of carboxylic acid groups (broad SMARTS) is 1. The number of hydrogen-bond donors (Lipinski definition) is 2. The van der Waals surface area contributed by atoms with Gasteiger partial charge >= 0.3 is 11.7 Å². The van der Waals surface area contributed by atoms with Crippen molar-refractivity contribution in [2.75, 3.05) is 6.61 Å². The van der Waals surface area contributed by atoms with E-state index >= 15 is 0 Å². The molecule has 0 saturated heterocycles. The normalized spacial score (nSPS) is 11.1. The maximum Gasteiger partial charge on any atom is 0.336 e. The summed E-state index contributed by atoms with van der Waals surface area (Å²) in [5.74, 6) is -1.16. The summed E-state index contributed by atoms with van der Waals surface area (Å²) in [6, 6.07) is 9.98. The number of nitro groups is 1. The number of nitro benzene ring substituents is 1. The summed E-state index contributed by atoms with van der Waals surface area (Å²) in [6.07, 6.45) is 1.31. The Balaban J connectivity index is 2.52. The topological polar surface area (TPSA) is 110 Å². The summed E-state index contributed by atoms with van der Waals surface area (Å²) >= 11 is 0. The number of benzene rings is 2. The van der Waals surface area contributed by atoms with Gasteiger partial charge in [0.1, 0.15) is 5.75 Å². The van der Waals surface area contributed by atoms with E-state index in [1.54, 1.807) is 6.92 Å². The van der Waals surface area contributed by atoms with Crippen LogP contribution in [0.2, 0.25) is 0 Å². The molecule has 0 heterocycles. The van der Waals surface area contributed by atoms with E-state index in [0.29, 0.717) is 11.1 Å². The minimum absolute atomic E-state index is 0.0719. The molecule has 2 aromatic rings. The van der Waals surface area contributed by atoms with Gasteiger partial charge in [-0.05, 0) is 42.3 Å². The molecule has 7 nitrogen and oxygen atoms in total. The van der Waals surface area contributed by atoms with Crippen molar-refractivity contribution in [2.24, 2.45) is 0 Å². The molecule has 2 aromatic carbocycles. The van der Waals surface area contributed by atoms with E-state index in [1.807, 2.05) is 0 Å². The largest absolute Gasteiger partial charge is 0.508 e. The van der Waals surface area contributed by atoms with E-state index in [4.69, 9.17) is 4.74 Å². The first-order chi connectivity index (χ1) is 11.4. The van der Waals surface area contributed by atoms with Crippen LogP contribution >= 0.6 is 0 Å². The van der Waals surface area contributed by atoms with Crippen LogP contribution in [0.1, 0.15) is 18.1 Å². The van der Waals surface area contributed by atoms with Gasteiger partial charge in [-0.15, -0.1) is 0 Å². The van der Waals surface area contributed by atoms with Crippen LogP contribution < -0.4 is 4.74 Å². The second-order valence-electron chi connectivity index (χ2n) is 4.83. The van der Waals surface area contributed by atoms with Crippen molar-refractivity contribution >= 4 is 23.3 Å². The van der Waals surface area contributed by atoms with E-state index < -0.39 is 10.9 Å². The Morgan fingerprint density at radius 2 is 2.04 bits per heavy atom. The summed E-state index contributed by atoms with van der Waals surface area (Å²) in [5, 5.41) is 30.0. The molecule has 0 aliphatic heterocycles. The van der Waals surface area contributed by atoms with Crippen LogP contribution in [-0.2, 0) is 4.79 Å². The van der Waals surface area contributed by atoms with Crippen LogP contribution in [0, 0.1) is 10.1 Å². The molecule has 0 unspecified atom stereocenters. The summed E-state index contributed by atoms with van der Waals surface area (Å²) in [7, 11) is 0. The van der Waals surface area contributed by atoms with Gasteiger partial charge in [0.15, 0.2) is 5.75 Å². The Labute approximate surface area is 137 Å². The van der Waals surface area contributed by atoms with Gasteiger partial charge in [0, 0.05) is 6.07 Å². The zero-order chi connectivity index (χ0) is 17.7. The molecule has 0 saturated carbocycles. The fourth-order valence-corrected chi connectivity index (χ4v) is 2.15. The number of hydrogen-bond acceptors (Lipinski definition) is 5. The Hall–Kier alpha value is -3.35. The molecule has 0 radical (unpaired) electrons. The smallest absolute Gasteiger partial charge is 0.336 e. The van der Waals surface area contributed by atoms with Gasteiger partial charge < -0.3 is 14.9 Å². The molecule has 0 fully saturated rings. The van der Waals surface area contributed by atoms with Crippen molar-refractivity contribution in [3.05, 3.63) is 63.7 Å².